The first kappa shape index (κ1) is 18.0. The minimum absolute atomic E-state index is 0.0862. The largest absolute Gasteiger partial charge is 0.482 e. The lowest BCUT2D eigenvalue weighted by atomic mass is 9.48. The van der Waals surface area contributed by atoms with Gasteiger partial charge in [0.15, 0.2) is 6.10 Å². The maximum atomic E-state index is 12.5. The number of piperidine rings is 1. The molecule has 2 unspecified atom stereocenters. The Bertz CT molecular complexity index is 963. The highest BCUT2D eigenvalue weighted by Crippen LogP contribution is 2.67. The lowest BCUT2D eigenvalue weighted by molar-refractivity contribution is -0.297. The zero-order valence-electron chi connectivity index (χ0n) is 17.2. The lowest BCUT2D eigenvalue weighted by Gasteiger charge is -2.65. The van der Waals surface area contributed by atoms with Crippen molar-refractivity contribution in [3.8, 4) is 11.8 Å². The molecule has 1 N–H and O–H groups in total. The van der Waals surface area contributed by atoms with Gasteiger partial charge in [-0.05, 0) is 56.2 Å². The second-order valence-corrected chi connectivity index (χ2v) is 10.3. The van der Waals surface area contributed by atoms with Gasteiger partial charge in [-0.2, -0.15) is 5.26 Å². The molecule has 2 saturated carbocycles. The van der Waals surface area contributed by atoms with E-state index in [1.807, 2.05) is 6.07 Å². The maximum Gasteiger partial charge on any atom is 0.207 e. The second-order valence-electron chi connectivity index (χ2n) is 10.3. The lowest BCUT2D eigenvalue weighted by Crippen LogP contribution is -2.79. The number of ether oxygens (including phenoxy) is 3. The van der Waals surface area contributed by atoms with E-state index in [9.17, 15) is 10.4 Å². The summed E-state index contributed by atoms with van der Waals surface area (Å²) in [6, 6.07) is 6.39. The molecule has 2 saturated heterocycles. The third-order valence-electron chi connectivity index (χ3n) is 9.21. The molecule has 0 radical (unpaired) electrons. The Balaban J connectivity index is 1.42. The molecule has 1 aromatic rings. The van der Waals surface area contributed by atoms with Crippen LogP contribution in [0.5, 0.6) is 5.75 Å². The van der Waals surface area contributed by atoms with Gasteiger partial charge in [-0.15, -0.1) is 0 Å². The number of aliphatic hydroxyl groups is 1. The van der Waals surface area contributed by atoms with Crippen molar-refractivity contribution in [3.63, 3.8) is 0 Å². The fourth-order valence-corrected chi connectivity index (χ4v) is 7.68. The molecule has 3 aliphatic heterocycles. The van der Waals surface area contributed by atoms with Gasteiger partial charge in [0, 0.05) is 24.6 Å². The Morgan fingerprint density at radius 2 is 2.00 bits per heavy atom. The molecule has 7 rings (SSSR count). The molecule has 6 nitrogen and oxygen atoms in total. The minimum Gasteiger partial charge on any atom is -0.482 e. The van der Waals surface area contributed by atoms with E-state index >= 15 is 0 Å². The predicted octanol–water partition coefficient (Wildman–Crippen LogP) is 2.26. The third-order valence-corrected chi connectivity index (χ3v) is 9.21. The number of hydrogen-bond donors (Lipinski definition) is 1. The monoisotopic (exact) mass is 408 g/mol. The van der Waals surface area contributed by atoms with Crippen molar-refractivity contribution in [2.75, 3.05) is 26.3 Å². The van der Waals surface area contributed by atoms with Crippen LogP contribution in [0, 0.1) is 17.2 Å². The maximum absolute atomic E-state index is 12.5. The first-order valence-corrected chi connectivity index (χ1v) is 11.6. The van der Waals surface area contributed by atoms with Gasteiger partial charge < -0.3 is 19.3 Å². The molecule has 6 heteroatoms. The standard InChI is InChI=1S/C24H28N2O4/c25-13-17-5-4-16-12-18-23(27)6-7-24(28-10-11-29-24)21-22(23,19(16)20(17)30-21)8-9-26(18)14-15-2-1-3-15/h4-5,15,18,21,27H,1-3,6-12,14H2/t18-,21?,22+,23?/m0/s1. The molecular weight excluding hydrogens is 380 g/mol. The highest BCUT2D eigenvalue weighted by molar-refractivity contribution is 5.63. The summed E-state index contributed by atoms with van der Waals surface area (Å²) in [6.45, 7) is 3.15. The average molecular weight is 408 g/mol. The molecule has 0 amide bonds. The third kappa shape index (κ3) is 1.90. The number of nitriles is 1. The van der Waals surface area contributed by atoms with Gasteiger partial charge in [-0.3, -0.25) is 4.90 Å². The Labute approximate surface area is 176 Å². The summed E-state index contributed by atoms with van der Waals surface area (Å²) in [4.78, 5) is 2.57. The van der Waals surface area contributed by atoms with Crippen LogP contribution in [0.3, 0.4) is 0 Å². The van der Waals surface area contributed by atoms with Crippen LogP contribution in [-0.2, 0) is 21.3 Å². The van der Waals surface area contributed by atoms with E-state index in [1.165, 1.54) is 24.8 Å². The summed E-state index contributed by atoms with van der Waals surface area (Å²) in [5.74, 6) is 0.630. The molecule has 1 aromatic carbocycles. The summed E-state index contributed by atoms with van der Waals surface area (Å²) in [7, 11) is 0. The van der Waals surface area contributed by atoms with E-state index in [2.05, 4.69) is 17.0 Å². The van der Waals surface area contributed by atoms with Crippen LogP contribution in [0.4, 0.5) is 0 Å². The molecule has 0 aromatic heterocycles. The van der Waals surface area contributed by atoms with E-state index in [1.54, 1.807) is 0 Å². The normalized spacial score (nSPS) is 40.5. The van der Waals surface area contributed by atoms with Crippen molar-refractivity contribution in [1.82, 2.24) is 4.90 Å². The summed E-state index contributed by atoms with van der Waals surface area (Å²) in [5.41, 5.74) is 1.42. The Hall–Kier alpha value is -1.65. The molecule has 3 heterocycles. The number of fused-ring (bicyclic) bond motifs is 1. The smallest absolute Gasteiger partial charge is 0.207 e. The minimum atomic E-state index is -0.882. The fourth-order valence-electron chi connectivity index (χ4n) is 7.68. The molecule has 2 spiro atoms. The Morgan fingerprint density at radius 1 is 1.17 bits per heavy atom. The number of nitrogens with zero attached hydrogens (tertiary/aromatic N) is 2. The van der Waals surface area contributed by atoms with Crippen LogP contribution in [0.1, 0.15) is 55.2 Å². The average Bonchev–Trinajstić information content (AvgIpc) is 3.32. The van der Waals surface area contributed by atoms with Gasteiger partial charge in [0.1, 0.15) is 11.8 Å². The van der Waals surface area contributed by atoms with E-state index in [-0.39, 0.29) is 6.04 Å². The summed E-state index contributed by atoms with van der Waals surface area (Å²) in [6.07, 6.45) is 6.50. The van der Waals surface area contributed by atoms with Crippen molar-refractivity contribution in [2.24, 2.45) is 5.92 Å². The van der Waals surface area contributed by atoms with Crippen LogP contribution < -0.4 is 4.74 Å². The topological polar surface area (TPSA) is 75.0 Å². The van der Waals surface area contributed by atoms with Crippen LogP contribution in [-0.4, -0.2) is 59.8 Å². The molecule has 4 atom stereocenters. The van der Waals surface area contributed by atoms with Crippen molar-refractivity contribution in [2.45, 2.75) is 73.9 Å². The SMILES string of the molecule is N#Cc1ccc2c3c1OC1C4(CCC5(O)[C@H](C2)N(CC2CCC2)CC[C@@]315)OCCO4. The fraction of sp³-hybridized carbons (Fsp3) is 0.708. The van der Waals surface area contributed by atoms with Gasteiger partial charge in [-0.25, -0.2) is 0 Å². The quantitative estimate of drug-likeness (QED) is 0.809. The zero-order valence-corrected chi connectivity index (χ0v) is 17.2. The van der Waals surface area contributed by atoms with Gasteiger partial charge in [0.25, 0.3) is 0 Å². The number of likely N-dealkylation sites (tertiary alicyclic amines) is 1. The number of rotatable bonds is 2. The number of hydrogen-bond acceptors (Lipinski definition) is 6. The highest BCUT2D eigenvalue weighted by Gasteiger charge is 2.77. The molecule has 30 heavy (non-hydrogen) atoms. The first-order valence-electron chi connectivity index (χ1n) is 11.6. The summed E-state index contributed by atoms with van der Waals surface area (Å²) >= 11 is 0. The summed E-state index contributed by atoms with van der Waals surface area (Å²) in [5, 5.41) is 22.2. The van der Waals surface area contributed by atoms with Gasteiger partial charge in [0.2, 0.25) is 5.79 Å². The van der Waals surface area contributed by atoms with Crippen LogP contribution >= 0.6 is 0 Å². The summed E-state index contributed by atoms with van der Waals surface area (Å²) < 4.78 is 19.0. The van der Waals surface area contributed by atoms with Crippen molar-refractivity contribution < 1.29 is 19.3 Å². The van der Waals surface area contributed by atoms with Gasteiger partial charge in [0.05, 0.1) is 29.8 Å². The van der Waals surface area contributed by atoms with E-state index in [0.29, 0.717) is 37.4 Å². The predicted molar refractivity (Wildman–Crippen MR) is 107 cm³/mol. The van der Waals surface area contributed by atoms with Gasteiger partial charge >= 0.3 is 0 Å². The van der Waals surface area contributed by atoms with E-state index in [4.69, 9.17) is 14.2 Å². The first-order chi connectivity index (χ1) is 14.6. The Kier molecular flexibility index (Phi) is 3.46. The van der Waals surface area contributed by atoms with Crippen molar-refractivity contribution in [3.05, 3.63) is 28.8 Å². The van der Waals surface area contributed by atoms with Crippen LogP contribution in [0.25, 0.3) is 0 Å². The highest BCUT2D eigenvalue weighted by atomic mass is 16.8. The molecule has 158 valence electrons. The van der Waals surface area contributed by atoms with Crippen LogP contribution in [0.15, 0.2) is 12.1 Å². The van der Waals surface area contributed by atoms with Crippen molar-refractivity contribution >= 4 is 0 Å². The number of benzene rings is 1. The molecule has 2 bridgehead atoms. The van der Waals surface area contributed by atoms with E-state index < -0.39 is 22.9 Å². The molecule has 4 fully saturated rings. The molecule has 3 aliphatic carbocycles. The second kappa shape index (κ2) is 5.77. The molecule has 6 aliphatic rings. The molecular formula is C24H28N2O4. The van der Waals surface area contributed by atoms with Gasteiger partial charge in [-0.1, -0.05) is 12.5 Å². The van der Waals surface area contributed by atoms with Crippen molar-refractivity contribution in [1.29, 1.82) is 5.26 Å². The Morgan fingerprint density at radius 3 is 2.73 bits per heavy atom. The zero-order chi connectivity index (χ0) is 20.1. The van der Waals surface area contributed by atoms with Crippen LogP contribution in [0.2, 0.25) is 0 Å². The van der Waals surface area contributed by atoms with E-state index in [0.717, 1.165) is 37.4 Å².